The number of carbonyl (C=O) groups excluding carboxylic acids is 2. The molecule has 0 aromatic rings. The summed E-state index contributed by atoms with van der Waals surface area (Å²) in [6, 6.07) is 0. The number of carbonyl (C=O) groups is 2. The van der Waals surface area contributed by atoms with Gasteiger partial charge in [0.2, 0.25) is 11.8 Å². The van der Waals surface area contributed by atoms with Crippen LogP contribution in [0.25, 0.3) is 0 Å². The van der Waals surface area contributed by atoms with E-state index in [1.165, 1.54) is 0 Å². The molecule has 0 rings (SSSR count). The molecule has 0 spiro atoms. The standard InChI is InChI=1S/C12H25BN2O2/c1-7(2)9(5)11(16)14-13-15-12(17)10(6)8(3)4/h7-10,13H,1-6H3,(H,14,16)(H,15,17). The van der Waals surface area contributed by atoms with Crippen LogP contribution < -0.4 is 10.5 Å². The Bertz CT molecular complexity index is 241. The fourth-order valence-electron chi connectivity index (χ4n) is 1.15. The molecule has 98 valence electrons. The number of amides is 2. The highest BCUT2D eigenvalue weighted by atomic mass is 16.2. The molecular formula is C12H25BN2O2. The predicted octanol–water partition coefficient (Wildman–Crippen LogP) is 1.07. The van der Waals surface area contributed by atoms with Crippen molar-refractivity contribution < 1.29 is 9.59 Å². The van der Waals surface area contributed by atoms with E-state index in [1.54, 1.807) is 0 Å². The second kappa shape index (κ2) is 7.35. The number of hydrogen-bond acceptors (Lipinski definition) is 2. The van der Waals surface area contributed by atoms with Crippen LogP contribution in [0.5, 0.6) is 0 Å². The fourth-order valence-corrected chi connectivity index (χ4v) is 1.15. The zero-order valence-corrected chi connectivity index (χ0v) is 11.8. The van der Waals surface area contributed by atoms with Crippen molar-refractivity contribution in [3.63, 3.8) is 0 Å². The Hall–Kier alpha value is -0.995. The minimum absolute atomic E-state index is 0.0162. The summed E-state index contributed by atoms with van der Waals surface area (Å²) in [5.74, 6) is 0.513. The van der Waals surface area contributed by atoms with Gasteiger partial charge in [0.1, 0.15) is 0 Å². The molecule has 4 nitrogen and oxygen atoms in total. The number of nitrogens with one attached hydrogen (secondary N) is 2. The Labute approximate surface area is 105 Å². The van der Waals surface area contributed by atoms with Crippen LogP contribution in [0.15, 0.2) is 0 Å². The van der Waals surface area contributed by atoms with Gasteiger partial charge in [0, 0.05) is 11.8 Å². The smallest absolute Gasteiger partial charge is 0.355 e. The van der Waals surface area contributed by atoms with Gasteiger partial charge in [-0.15, -0.1) is 0 Å². The monoisotopic (exact) mass is 240 g/mol. The molecule has 2 N–H and O–H groups in total. The van der Waals surface area contributed by atoms with Crippen LogP contribution in [0, 0.1) is 23.7 Å². The Morgan fingerprint density at radius 2 is 1.06 bits per heavy atom. The maximum Gasteiger partial charge on any atom is 0.355 e. The van der Waals surface area contributed by atoms with Gasteiger partial charge in [0.05, 0.1) is 0 Å². The fraction of sp³-hybridized carbons (Fsp3) is 0.833. The van der Waals surface area contributed by atoms with Crippen molar-refractivity contribution >= 4 is 19.4 Å². The van der Waals surface area contributed by atoms with Crippen molar-refractivity contribution in [3.8, 4) is 0 Å². The van der Waals surface area contributed by atoms with Crippen molar-refractivity contribution in [2.45, 2.75) is 41.5 Å². The lowest BCUT2D eigenvalue weighted by Gasteiger charge is -2.17. The average Bonchev–Trinajstić information content (AvgIpc) is 2.26. The van der Waals surface area contributed by atoms with E-state index < -0.39 is 0 Å². The van der Waals surface area contributed by atoms with Gasteiger partial charge < -0.3 is 10.5 Å². The highest BCUT2D eigenvalue weighted by Gasteiger charge is 2.19. The lowest BCUT2D eigenvalue weighted by Crippen LogP contribution is -2.45. The van der Waals surface area contributed by atoms with Gasteiger partial charge in [-0.2, -0.15) is 0 Å². The van der Waals surface area contributed by atoms with Crippen LogP contribution in [0.1, 0.15) is 41.5 Å². The van der Waals surface area contributed by atoms with Crippen LogP contribution in [0.3, 0.4) is 0 Å². The third-order valence-electron chi connectivity index (χ3n) is 3.35. The zero-order valence-electron chi connectivity index (χ0n) is 11.8. The molecule has 17 heavy (non-hydrogen) atoms. The molecule has 0 aromatic heterocycles. The van der Waals surface area contributed by atoms with Gasteiger partial charge in [0.15, 0.2) is 0 Å². The van der Waals surface area contributed by atoms with E-state index in [0.29, 0.717) is 11.8 Å². The first-order valence-corrected chi connectivity index (χ1v) is 6.32. The summed E-state index contributed by atoms with van der Waals surface area (Å²) in [6.45, 7) is 11.8. The lowest BCUT2D eigenvalue weighted by atomic mass is 9.94. The Morgan fingerprint density at radius 3 is 1.29 bits per heavy atom. The molecule has 0 radical (unpaired) electrons. The van der Waals surface area contributed by atoms with Crippen molar-refractivity contribution in [2.75, 3.05) is 0 Å². The maximum absolute atomic E-state index is 11.6. The molecule has 2 atom stereocenters. The molecular weight excluding hydrogens is 215 g/mol. The van der Waals surface area contributed by atoms with Gasteiger partial charge in [-0.3, -0.25) is 9.59 Å². The summed E-state index contributed by atoms with van der Waals surface area (Å²) in [6.07, 6.45) is 0. The Kier molecular flexibility index (Phi) is 6.92. The summed E-state index contributed by atoms with van der Waals surface area (Å²) < 4.78 is 0. The van der Waals surface area contributed by atoms with Crippen LogP contribution in [-0.2, 0) is 9.59 Å². The van der Waals surface area contributed by atoms with E-state index in [2.05, 4.69) is 10.5 Å². The first-order chi connectivity index (χ1) is 7.77. The van der Waals surface area contributed by atoms with Crippen molar-refractivity contribution in [2.24, 2.45) is 23.7 Å². The second-order valence-electron chi connectivity index (χ2n) is 5.32. The van der Waals surface area contributed by atoms with Crippen LogP contribution in [-0.4, -0.2) is 19.4 Å². The zero-order chi connectivity index (χ0) is 13.6. The van der Waals surface area contributed by atoms with E-state index in [-0.39, 0.29) is 31.2 Å². The highest BCUT2D eigenvalue weighted by Crippen LogP contribution is 2.09. The number of hydrogen-bond donors (Lipinski definition) is 2. The molecule has 5 heteroatoms. The molecule has 0 heterocycles. The highest BCUT2D eigenvalue weighted by molar-refractivity contribution is 6.38. The molecule has 2 amide bonds. The van der Waals surface area contributed by atoms with E-state index >= 15 is 0 Å². The van der Waals surface area contributed by atoms with E-state index in [0.717, 1.165) is 0 Å². The van der Waals surface area contributed by atoms with Gasteiger partial charge in [-0.25, -0.2) is 0 Å². The SMILES string of the molecule is CC(C)C(C)C(=O)NBNC(=O)C(C)C(C)C. The van der Waals surface area contributed by atoms with E-state index in [4.69, 9.17) is 0 Å². The molecule has 0 aromatic carbocycles. The first kappa shape index (κ1) is 16.0. The lowest BCUT2D eigenvalue weighted by molar-refractivity contribution is -0.124. The predicted molar refractivity (Wildman–Crippen MR) is 71.4 cm³/mol. The summed E-state index contributed by atoms with van der Waals surface area (Å²) >= 11 is 0. The number of rotatable bonds is 6. The largest absolute Gasteiger partial charge is 0.383 e. The maximum atomic E-state index is 11.6. The molecule has 0 aliphatic heterocycles. The molecule has 0 saturated carbocycles. The molecule has 2 unspecified atom stereocenters. The Morgan fingerprint density at radius 1 is 0.765 bits per heavy atom. The summed E-state index contributed by atoms with van der Waals surface area (Å²) in [5.41, 5.74) is 0. The summed E-state index contributed by atoms with van der Waals surface area (Å²) in [5, 5.41) is 5.44. The first-order valence-electron chi connectivity index (χ1n) is 6.32. The third-order valence-corrected chi connectivity index (χ3v) is 3.35. The van der Waals surface area contributed by atoms with Crippen molar-refractivity contribution in [1.82, 2.24) is 10.5 Å². The minimum Gasteiger partial charge on any atom is -0.383 e. The quantitative estimate of drug-likeness (QED) is 0.682. The average molecular weight is 240 g/mol. The minimum atomic E-state index is -0.0329. The molecule has 0 bridgehead atoms. The van der Waals surface area contributed by atoms with Crippen LogP contribution in [0.2, 0.25) is 0 Å². The van der Waals surface area contributed by atoms with Gasteiger partial charge in [0.25, 0.3) is 0 Å². The third kappa shape index (κ3) is 5.75. The van der Waals surface area contributed by atoms with Gasteiger partial charge in [-0.1, -0.05) is 41.5 Å². The molecule has 0 aliphatic rings. The van der Waals surface area contributed by atoms with E-state index in [9.17, 15) is 9.59 Å². The van der Waals surface area contributed by atoms with Crippen molar-refractivity contribution in [1.29, 1.82) is 0 Å². The molecule has 0 fully saturated rings. The molecule has 0 saturated heterocycles. The normalized spacial score (nSPS) is 14.4. The topological polar surface area (TPSA) is 58.2 Å². The summed E-state index contributed by atoms with van der Waals surface area (Å²) in [4.78, 5) is 23.2. The molecule has 0 aliphatic carbocycles. The second-order valence-corrected chi connectivity index (χ2v) is 5.32. The van der Waals surface area contributed by atoms with Gasteiger partial charge in [-0.05, 0) is 11.8 Å². The Balaban J connectivity index is 3.92. The summed E-state index contributed by atoms with van der Waals surface area (Å²) in [7, 11) is 0.214. The van der Waals surface area contributed by atoms with Crippen LogP contribution >= 0.6 is 0 Å². The van der Waals surface area contributed by atoms with Crippen LogP contribution in [0.4, 0.5) is 0 Å². The van der Waals surface area contributed by atoms with E-state index in [1.807, 2.05) is 41.5 Å². The van der Waals surface area contributed by atoms with Crippen molar-refractivity contribution in [3.05, 3.63) is 0 Å². The van der Waals surface area contributed by atoms with Gasteiger partial charge >= 0.3 is 7.55 Å².